The summed E-state index contributed by atoms with van der Waals surface area (Å²) in [5.74, 6) is -0.316. The van der Waals surface area contributed by atoms with E-state index >= 15 is 0 Å². The Labute approximate surface area is 106 Å². The molecule has 4 heteroatoms. The van der Waals surface area contributed by atoms with Crippen molar-refractivity contribution in [2.75, 3.05) is 13.1 Å². The summed E-state index contributed by atoms with van der Waals surface area (Å²) in [5, 5.41) is 3.32. The molecule has 94 valence electrons. The van der Waals surface area contributed by atoms with Crippen LogP contribution >= 0.6 is 0 Å². The molecule has 2 aliphatic rings. The molecule has 1 heterocycles. The largest absolute Gasteiger partial charge is 0.312 e. The summed E-state index contributed by atoms with van der Waals surface area (Å²) >= 11 is 0. The average Bonchev–Trinajstić information content (AvgIpc) is 3.13. The van der Waals surface area contributed by atoms with Gasteiger partial charge in [-0.25, -0.2) is 0 Å². The molecule has 2 amide bonds. The van der Waals surface area contributed by atoms with Gasteiger partial charge >= 0.3 is 0 Å². The Kier molecular flexibility index (Phi) is 2.67. The number of nitrogens with one attached hydrogen (secondary N) is 1. The third kappa shape index (κ3) is 1.93. The van der Waals surface area contributed by atoms with Gasteiger partial charge in [-0.15, -0.1) is 0 Å². The lowest BCUT2D eigenvalue weighted by atomic mass is 10.1. The number of carbonyl (C=O) groups excluding carboxylic acids is 2. The SMILES string of the molecule is Cc1ccc2c(c1)C(=O)N(CCNC1CC1)C2=O. The molecule has 1 aliphatic heterocycles. The molecular weight excluding hydrogens is 228 g/mol. The van der Waals surface area contributed by atoms with Gasteiger partial charge in [-0.2, -0.15) is 0 Å². The number of amides is 2. The fraction of sp³-hybridized carbons (Fsp3) is 0.429. The Morgan fingerprint density at radius 2 is 1.94 bits per heavy atom. The Balaban J connectivity index is 1.74. The van der Waals surface area contributed by atoms with Crippen molar-refractivity contribution in [3.63, 3.8) is 0 Å². The summed E-state index contributed by atoms with van der Waals surface area (Å²) in [6, 6.07) is 6.02. The fourth-order valence-electron chi connectivity index (χ4n) is 2.28. The van der Waals surface area contributed by atoms with Crippen LogP contribution in [0, 0.1) is 6.92 Å². The van der Waals surface area contributed by atoms with E-state index in [2.05, 4.69) is 5.32 Å². The zero-order valence-corrected chi connectivity index (χ0v) is 10.4. The van der Waals surface area contributed by atoms with Crippen LogP contribution in [0.5, 0.6) is 0 Å². The van der Waals surface area contributed by atoms with Crippen LogP contribution in [-0.4, -0.2) is 35.8 Å². The number of hydrogen-bond acceptors (Lipinski definition) is 3. The van der Waals surface area contributed by atoms with E-state index < -0.39 is 0 Å². The molecule has 0 radical (unpaired) electrons. The van der Waals surface area contributed by atoms with Crippen LogP contribution < -0.4 is 5.32 Å². The number of carbonyl (C=O) groups is 2. The summed E-state index contributed by atoms with van der Waals surface area (Å²) in [6.45, 7) is 3.08. The number of hydrogen-bond donors (Lipinski definition) is 1. The van der Waals surface area contributed by atoms with Gasteiger partial charge in [0.2, 0.25) is 0 Å². The zero-order chi connectivity index (χ0) is 12.7. The minimum Gasteiger partial charge on any atom is -0.312 e. The van der Waals surface area contributed by atoms with E-state index in [1.165, 1.54) is 17.7 Å². The van der Waals surface area contributed by atoms with E-state index in [0.717, 1.165) is 5.56 Å². The molecule has 1 aromatic rings. The number of imide groups is 1. The molecule has 0 spiro atoms. The van der Waals surface area contributed by atoms with E-state index in [0.29, 0.717) is 30.3 Å². The number of benzene rings is 1. The molecule has 1 fully saturated rings. The number of nitrogens with zero attached hydrogens (tertiary/aromatic N) is 1. The third-order valence-electron chi connectivity index (χ3n) is 3.47. The standard InChI is InChI=1S/C14H16N2O2/c1-9-2-5-11-12(8-9)14(18)16(13(11)17)7-6-15-10-3-4-10/h2,5,8,10,15H,3-4,6-7H2,1H3. The van der Waals surface area contributed by atoms with Gasteiger partial charge in [0, 0.05) is 19.1 Å². The van der Waals surface area contributed by atoms with E-state index in [9.17, 15) is 9.59 Å². The van der Waals surface area contributed by atoms with Gasteiger partial charge in [-0.05, 0) is 31.9 Å². The van der Waals surface area contributed by atoms with Gasteiger partial charge in [0.1, 0.15) is 0 Å². The number of aryl methyl sites for hydroxylation is 1. The summed E-state index contributed by atoms with van der Waals surface area (Å²) in [4.78, 5) is 25.6. The monoisotopic (exact) mass is 244 g/mol. The molecule has 1 aromatic carbocycles. The maximum Gasteiger partial charge on any atom is 0.261 e. The highest BCUT2D eigenvalue weighted by molar-refractivity contribution is 6.21. The van der Waals surface area contributed by atoms with Crippen LogP contribution in [0.3, 0.4) is 0 Å². The molecule has 18 heavy (non-hydrogen) atoms. The van der Waals surface area contributed by atoms with Crippen molar-refractivity contribution < 1.29 is 9.59 Å². The molecule has 1 N–H and O–H groups in total. The van der Waals surface area contributed by atoms with Crippen LogP contribution in [0.25, 0.3) is 0 Å². The normalized spacial score (nSPS) is 18.4. The Bertz CT molecular complexity index is 521. The highest BCUT2D eigenvalue weighted by Gasteiger charge is 2.35. The predicted molar refractivity (Wildman–Crippen MR) is 67.6 cm³/mol. The fourth-order valence-corrected chi connectivity index (χ4v) is 2.28. The Morgan fingerprint density at radius 3 is 2.67 bits per heavy atom. The molecule has 3 rings (SSSR count). The van der Waals surface area contributed by atoms with E-state index in [4.69, 9.17) is 0 Å². The van der Waals surface area contributed by atoms with Crippen molar-refractivity contribution in [2.45, 2.75) is 25.8 Å². The topological polar surface area (TPSA) is 49.4 Å². The van der Waals surface area contributed by atoms with Crippen molar-refractivity contribution in [1.82, 2.24) is 10.2 Å². The predicted octanol–water partition coefficient (Wildman–Crippen LogP) is 1.34. The maximum atomic E-state index is 12.1. The van der Waals surface area contributed by atoms with Gasteiger partial charge in [0.25, 0.3) is 11.8 Å². The zero-order valence-electron chi connectivity index (χ0n) is 10.4. The first-order valence-electron chi connectivity index (χ1n) is 6.37. The van der Waals surface area contributed by atoms with E-state index in [-0.39, 0.29) is 11.8 Å². The quantitative estimate of drug-likeness (QED) is 0.813. The van der Waals surface area contributed by atoms with Crippen LogP contribution in [0.15, 0.2) is 18.2 Å². The highest BCUT2D eigenvalue weighted by atomic mass is 16.2. The van der Waals surface area contributed by atoms with Gasteiger partial charge < -0.3 is 5.32 Å². The van der Waals surface area contributed by atoms with E-state index in [1.807, 2.05) is 13.0 Å². The third-order valence-corrected chi connectivity index (χ3v) is 3.47. The summed E-state index contributed by atoms with van der Waals surface area (Å²) in [6.07, 6.45) is 2.42. The first-order valence-corrected chi connectivity index (χ1v) is 6.37. The number of rotatable bonds is 4. The Morgan fingerprint density at radius 1 is 1.22 bits per heavy atom. The van der Waals surface area contributed by atoms with Gasteiger partial charge in [-0.1, -0.05) is 11.6 Å². The first kappa shape index (κ1) is 11.4. The van der Waals surface area contributed by atoms with Gasteiger partial charge in [0.15, 0.2) is 0 Å². The average molecular weight is 244 g/mol. The van der Waals surface area contributed by atoms with Gasteiger partial charge in [-0.3, -0.25) is 14.5 Å². The van der Waals surface area contributed by atoms with Crippen LogP contribution in [-0.2, 0) is 0 Å². The summed E-state index contributed by atoms with van der Waals surface area (Å²) in [7, 11) is 0. The van der Waals surface area contributed by atoms with Crippen molar-refractivity contribution in [2.24, 2.45) is 0 Å². The molecule has 0 bridgehead atoms. The maximum absolute atomic E-state index is 12.1. The molecule has 0 saturated heterocycles. The first-order chi connectivity index (χ1) is 8.66. The van der Waals surface area contributed by atoms with E-state index in [1.54, 1.807) is 12.1 Å². The van der Waals surface area contributed by atoms with Crippen molar-refractivity contribution >= 4 is 11.8 Å². The van der Waals surface area contributed by atoms with Gasteiger partial charge in [0.05, 0.1) is 11.1 Å². The molecule has 1 saturated carbocycles. The molecule has 0 aromatic heterocycles. The minimum atomic E-state index is -0.160. The van der Waals surface area contributed by atoms with Crippen molar-refractivity contribution in [1.29, 1.82) is 0 Å². The van der Waals surface area contributed by atoms with Crippen LogP contribution in [0.1, 0.15) is 39.1 Å². The summed E-state index contributed by atoms with van der Waals surface area (Å²) < 4.78 is 0. The second-order valence-electron chi connectivity index (χ2n) is 5.04. The molecule has 4 nitrogen and oxygen atoms in total. The lowest BCUT2D eigenvalue weighted by molar-refractivity contribution is 0.0655. The molecular formula is C14H16N2O2. The smallest absolute Gasteiger partial charge is 0.261 e. The van der Waals surface area contributed by atoms with Crippen molar-refractivity contribution in [3.8, 4) is 0 Å². The number of fused-ring (bicyclic) bond motifs is 1. The van der Waals surface area contributed by atoms with Crippen LogP contribution in [0.4, 0.5) is 0 Å². The van der Waals surface area contributed by atoms with Crippen LogP contribution in [0.2, 0.25) is 0 Å². The highest BCUT2D eigenvalue weighted by Crippen LogP contribution is 2.23. The summed E-state index contributed by atoms with van der Waals surface area (Å²) in [5.41, 5.74) is 2.09. The second kappa shape index (κ2) is 4.21. The second-order valence-corrected chi connectivity index (χ2v) is 5.04. The molecule has 1 aliphatic carbocycles. The lowest BCUT2D eigenvalue weighted by Crippen LogP contribution is -2.36. The lowest BCUT2D eigenvalue weighted by Gasteiger charge is -2.13. The minimum absolute atomic E-state index is 0.156. The molecule has 0 atom stereocenters. The Hall–Kier alpha value is -1.68. The van der Waals surface area contributed by atoms with Crippen molar-refractivity contribution in [3.05, 3.63) is 34.9 Å². The molecule has 0 unspecified atom stereocenters.